The Balaban J connectivity index is 1.43. The van der Waals surface area contributed by atoms with Crippen molar-refractivity contribution in [3.05, 3.63) is 64.9 Å². The van der Waals surface area contributed by atoms with Crippen LogP contribution in [0, 0.1) is 6.92 Å². The molecule has 4 aromatic heterocycles. The summed E-state index contributed by atoms with van der Waals surface area (Å²) in [6, 6.07) is 9.45. The number of pyridine rings is 2. The maximum atomic E-state index is 12.4. The van der Waals surface area contributed by atoms with Crippen molar-refractivity contribution in [3.63, 3.8) is 0 Å². The third-order valence-corrected chi connectivity index (χ3v) is 5.06. The first-order chi connectivity index (χ1) is 13.2. The van der Waals surface area contributed by atoms with E-state index in [9.17, 15) is 4.79 Å². The number of thiazole rings is 2. The second-order valence-electron chi connectivity index (χ2n) is 5.56. The Kier molecular flexibility index (Phi) is 4.86. The number of rotatable bonds is 5. The third-order valence-electron chi connectivity index (χ3n) is 3.54. The molecule has 4 rings (SSSR count). The first kappa shape index (κ1) is 17.3. The van der Waals surface area contributed by atoms with Crippen LogP contribution in [0.15, 0.2) is 53.5 Å². The number of anilines is 3. The molecule has 0 unspecified atom stereocenters. The number of aromatic nitrogens is 4. The molecule has 27 heavy (non-hydrogen) atoms. The minimum absolute atomic E-state index is 0.302. The Morgan fingerprint density at radius 2 is 1.89 bits per heavy atom. The molecule has 0 aliphatic carbocycles. The lowest BCUT2D eigenvalue weighted by molar-refractivity contribution is 0.102. The summed E-state index contributed by atoms with van der Waals surface area (Å²) in [6.07, 6.45) is 3.44. The van der Waals surface area contributed by atoms with Gasteiger partial charge in [-0.25, -0.2) is 15.0 Å². The van der Waals surface area contributed by atoms with E-state index in [0.717, 1.165) is 17.0 Å². The van der Waals surface area contributed by atoms with Gasteiger partial charge in [0.1, 0.15) is 11.5 Å². The van der Waals surface area contributed by atoms with Crippen LogP contribution in [0.5, 0.6) is 0 Å². The fraction of sp³-hybridized carbons (Fsp3) is 0.0556. The van der Waals surface area contributed by atoms with E-state index in [1.165, 1.54) is 22.7 Å². The molecule has 0 aliphatic rings. The van der Waals surface area contributed by atoms with Gasteiger partial charge in [-0.05, 0) is 31.2 Å². The van der Waals surface area contributed by atoms with E-state index in [2.05, 4.69) is 30.6 Å². The Morgan fingerprint density at radius 3 is 2.70 bits per heavy atom. The van der Waals surface area contributed by atoms with Crippen molar-refractivity contribution in [2.24, 2.45) is 0 Å². The molecule has 0 aliphatic heterocycles. The average Bonchev–Trinajstić information content (AvgIpc) is 3.32. The number of hydrogen-bond donors (Lipinski definition) is 2. The predicted molar refractivity (Wildman–Crippen MR) is 108 cm³/mol. The molecule has 9 heteroatoms. The summed E-state index contributed by atoms with van der Waals surface area (Å²) >= 11 is 2.70. The Bertz CT molecular complexity index is 1080. The van der Waals surface area contributed by atoms with E-state index in [1.807, 2.05) is 42.6 Å². The van der Waals surface area contributed by atoms with Crippen molar-refractivity contribution in [1.82, 2.24) is 19.9 Å². The van der Waals surface area contributed by atoms with E-state index in [4.69, 9.17) is 0 Å². The van der Waals surface area contributed by atoms with Gasteiger partial charge in [0.25, 0.3) is 5.91 Å². The zero-order valence-electron chi connectivity index (χ0n) is 14.2. The monoisotopic (exact) mass is 394 g/mol. The topological polar surface area (TPSA) is 92.7 Å². The summed E-state index contributed by atoms with van der Waals surface area (Å²) in [6.45, 7) is 1.92. The number of carbonyl (C=O) groups excluding carboxylic acids is 1. The van der Waals surface area contributed by atoms with Gasteiger partial charge in [0.2, 0.25) is 0 Å². The van der Waals surface area contributed by atoms with Crippen molar-refractivity contribution in [2.75, 3.05) is 10.6 Å². The maximum absolute atomic E-state index is 12.4. The SMILES string of the molecule is Cc1cccc(Nc2nc(C(=O)Nc3nc(-c4cccnc4)cs3)cs2)n1. The van der Waals surface area contributed by atoms with Crippen molar-refractivity contribution in [3.8, 4) is 11.3 Å². The van der Waals surface area contributed by atoms with Gasteiger partial charge in [-0.1, -0.05) is 6.07 Å². The Labute approximate surface area is 163 Å². The molecule has 1 amide bonds. The van der Waals surface area contributed by atoms with Crippen LogP contribution in [0.1, 0.15) is 16.2 Å². The lowest BCUT2D eigenvalue weighted by Gasteiger charge is -2.02. The fourth-order valence-corrected chi connectivity index (χ4v) is 3.71. The molecule has 7 nitrogen and oxygen atoms in total. The second kappa shape index (κ2) is 7.60. The molecule has 0 saturated carbocycles. The van der Waals surface area contributed by atoms with Gasteiger partial charge in [-0.2, -0.15) is 0 Å². The highest BCUT2D eigenvalue weighted by atomic mass is 32.1. The molecule has 2 N–H and O–H groups in total. The van der Waals surface area contributed by atoms with E-state index >= 15 is 0 Å². The number of hydrogen-bond acceptors (Lipinski definition) is 8. The van der Waals surface area contributed by atoms with Gasteiger partial charge in [-0.15, -0.1) is 22.7 Å². The van der Waals surface area contributed by atoms with Gasteiger partial charge in [0, 0.05) is 34.4 Å². The third kappa shape index (κ3) is 4.15. The number of nitrogens with zero attached hydrogens (tertiary/aromatic N) is 4. The van der Waals surface area contributed by atoms with Crippen LogP contribution in [-0.2, 0) is 0 Å². The lowest BCUT2D eigenvalue weighted by Crippen LogP contribution is -2.12. The normalized spacial score (nSPS) is 10.6. The molecule has 134 valence electrons. The number of aryl methyl sites for hydroxylation is 1. The molecule has 0 radical (unpaired) electrons. The van der Waals surface area contributed by atoms with E-state index < -0.39 is 0 Å². The van der Waals surface area contributed by atoms with Crippen LogP contribution in [0.3, 0.4) is 0 Å². The number of amides is 1. The molecular formula is C18H14N6OS2. The largest absolute Gasteiger partial charge is 0.316 e. The molecule has 0 saturated heterocycles. The van der Waals surface area contributed by atoms with Crippen LogP contribution >= 0.6 is 22.7 Å². The minimum Gasteiger partial charge on any atom is -0.316 e. The molecule has 0 fully saturated rings. The zero-order chi connectivity index (χ0) is 18.6. The first-order valence-electron chi connectivity index (χ1n) is 8.01. The molecule has 0 bridgehead atoms. The first-order valence-corrected chi connectivity index (χ1v) is 9.77. The highest BCUT2D eigenvalue weighted by Crippen LogP contribution is 2.25. The van der Waals surface area contributed by atoms with Crippen LogP contribution in [0.4, 0.5) is 16.1 Å². The zero-order valence-corrected chi connectivity index (χ0v) is 15.8. The minimum atomic E-state index is -0.302. The van der Waals surface area contributed by atoms with E-state index in [-0.39, 0.29) is 5.91 Å². The van der Waals surface area contributed by atoms with Gasteiger partial charge in [-0.3, -0.25) is 15.1 Å². The molecule has 4 aromatic rings. The van der Waals surface area contributed by atoms with Crippen LogP contribution in [-0.4, -0.2) is 25.8 Å². The predicted octanol–water partition coefficient (Wildman–Crippen LogP) is 4.36. The van der Waals surface area contributed by atoms with Crippen molar-refractivity contribution >= 4 is 44.7 Å². The maximum Gasteiger partial charge on any atom is 0.276 e. The number of carbonyl (C=O) groups is 1. The molecular weight excluding hydrogens is 380 g/mol. The second-order valence-corrected chi connectivity index (χ2v) is 7.28. The fourth-order valence-electron chi connectivity index (χ4n) is 2.30. The Morgan fingerprint density at radius 1 is 1.00 bits per heavy atom. The quantitative estimate of drug-likeness (QED) is 0.522. The highest BCUT2D eigenvalue weighted by Gasteiger charge is 2.14. The smallest absolute Gasteiger partial charge is 0.276 e. The van der Waals surface area contributed by atoms with E-state index in [1.54, 1.807) is 17.8 Å². The number of nitrogens with one attached hydrogen (secondary N) is 2. The standard InChI is InChI=1S/C18H14N6OS2/c1-11-4-2-6-15(20-11)23-17-22-14(10-27-17)16(25)24-18-21-13(9-26-18)12-5-3-7-19-8-12/h2-10H,1H3,(H,20,22,23)(H,21,24,25). The highest BCUT2D eigenvalue weighted by molar-refractivity contribution is 7.14. The van der Waals surface area contributed by atoms with Crippen molar-refractivity contribution in [2.45, 2.75) is 6.92 Å². The van der Waals surface area contributed by atoms with Gasteiger partial charge < -0.3 is 5.32 Å². The van der Waals surface area contributed by atoms with E-state index in [0.29, 0.717) is 21.8 Å². The average molecular weight is 394 g/mol. The van der Waals surface area contributed by atoms with Crippen LogP contribution in [0.25, 0.3) is 11.3 Å². The van der Waals surface area contributed by atoms with Gasteiger partial charge >= 0.3 is 0 Å². The summed E-state index contributed by atoms with van der Waals surface area (Å²) in [5.41, 5.74) is 2.91. The molecule has 0 spiro atoms. The van der Waals surface area contributed by atoms with Gasteiger partial charge in [0.05, 0.1) is 5.69 Å². The summed E-state index contributed by atoms with van der Waals surface area (Å²) < 4.78 is 0. The van der Waals surface area contributed by atoms with Crippen molar-refractivity contribution < 1.29 is 4.79 Å². The lowest BCUT2D eigenvalue weighted by atomic mass is 10.2. The Hall–Kier alpha value is -3.17. The van der Waals surface area contributed by atoms with Crippen LogP contribution < -0.4 is 10.6 Å². The molecule has 0 atom stereocenters. The summed E-state index contributed by atoms with van der Waals surface area (Å²) in [5.74, 6) is 0.390. The van der Waals surface area contributed by atoms with Crippen LogP contribution in [0.2, 0.25) is 0 Å². The summed E-state index contributed by atoms with van der Waals surface area (Å²) in [5, 5.41) is 10.6. The molecule has 4 heterocycles. The molecule has 0 aromatic carbocycles. The summed E-state index contributed by atoms with van der Waals surface area (Å²) in [7, 11) is 0. The van der Waals surface area contributed by atoms with Crippen molar-refractivity contribution in [1.29, 1.82) is 0 Å². The van der Waals surface area contributed by atoms with Gasteiger partial charge in [0.15, 0.2) is 10.3 Å². The summed E-state index contributed by atoms with van der Waals surface area (Å²) in [4.78, 5) is 29.6.